The van der Waals surface area contributed by atoms with Crippen LogP contribution in [0.5, 0.6) is 0 Å². The topological polar surface area (TPSA) is 75.7 Å². The molecule has 8 heteroatoms. The van der Waals surface area contributed by atoms with Crippen molar-refractivity contribution < 1.29 is 17.9 Å². The monoisotopic (exact) mass is 436 g/mol. The van der Waals surface area contributed by atoms with Crippen LogP contribution in [0.3, 0.4) is 0 Å². The average Bonchev–Trinajstić information content (AvgIpc) is 3.19. The Hall–Kier alpha value is -2.09. The number of hydrogen-bond donors (Lipinski definition) is 1. The molecule has 0 aliphatic carbocycles. The smallest absolute Gasteiger partial charge is 0.264 e. The number of nitrogens with one attached hydrogen (secondary N) is 1. The molecular formula is C21H25ClN2O4S. The number of ether oxygens (including phenoxy) is 1. The lowest BCUT2D eigenvalue weighted by molar-refractivity contribution is -0.120. The van der Waals surface area contributed by atoms with Crippen molar-refractivity contribution in [1.29, 1.82) is 0 Å². The Labute approximate surface area is 176 Å². The van der Waals surface area contributed by atoms with Gasteiger partial charge in [-0.25, -0.2) is 8.42 Å². The number of anilines is 1. The van der Waals surface area contributed by atoms with Gasteiger partial charge in [0.05, 0.1) is 16.7 Å². The fourth-order valence-corrected chi connectivity index (χ4v) is 4.97. The molecule has 1 saturated heterocycles. The van der Waals surface area contributed by atoms with Gasteiger partial charge in [0.25, 0.3) is 10.0 Å². The van der Waals surface area contributed by atoms with Crippen LogP contribution in [0, 0.1) is 13.8 Å². The molecule has 1 N–H and O–H groups in total. The zero-order valence-corrected chi connectivity index (χ0v) is 18.1. The maximum atomic E-state index is 13.4. The predicted molar refractivity (Wildman–Crippen MR) is 114 cm³/mol. The third kappa shape index (κ3) is 5.29. The Morgan fingerprint density at radius 1 is 1.21 bits per heavy atom. The van der Waals surface area contributed by atoms with Gasteiger partial charge in [0, 0.05) is 18.2 Å². The molecule has 3 rings (SSSR count). The minimum atomic E-state index is -3.94. The molecule has 1 fully saturated rings. The van der Waals surface area contributed by atoms with E-state index in [9.17, 15) is 13.2 Å². The number of carbonyl (C=O) groups excluding carboxylic acids is 1. The Morgan fingerprint density at radius 3 is 2.55 bits per heavy atom. The van der Waals surface area contributed by atoms with Crippen molar-refractivity contribution in [2.75, 3.05) is 24.0 Å². The predicted octanol–water partition coefficient (Wildman–Crippen LogP) is 3.45. The van der Waals surface area contributed by atoms with Crippen LogP contribution in [0.15, 0.2) is 47.4 Å². The van der Waals surface area contributed by atoms with Gasteiger partial charge >= 0.3 is 0 Å². The molecule has 1 heterocycles. The molecule has 1 aliphatic rings. The second kappa shape index (κ2) is 9.15. The van der Waals surface area contributed by atoms with Gasteiger partial charge in [0.1, 0.15) is 6.54 Å². The minimum absolute atomic E-state index is 0.0154. The zero-order valence-electron chi connectivity index (χ0n) is 16.5. The van der Waals surface area contributed by atoms with Crippen molar-refractivity contribution in [2.24, 2.45) is 0 Å². The fraction of sp³-hybridized carbons (Fsp3) is 0.381. The molecule has 2 aromatic rings. The van der Waals surface area contributed by atoms with E-state index in [2.05, 4.69) is 5.32 Å². The van der Waals surface area contributed by atoms with Crippen LogP contribution in [0.2, 0.25) is 5.02 Å². The van der Waals surface area contributed by atoms with E-state index in [1.165, 1.54) is 0 Å². The highest BCUT2D eigenvalue weighted by atomic mass is 35.5. The first-order valence-electron chi connectivity index (χ1n) is 9.51. The van der Waals surface area contributed by atoms with E-state index in [4.69, 9.17) is 16.3 Å². The van der Waals surface area contributed by atoms with E-state index in [0.717, 1.165) is 22.7 Å². The van der Waals surface area contributed by atoms with Gasteiger partial charge < -0.3 is 10.1 Å². The number of carbonyl (C=O) groups is 1. The Balaban J connectivity index is 1.88. The summed E-state index contributed by atoms with van der Waals surface area (Å²) >= 11 is 6.04. The Bertz CT molecular complexity index is 971. The van der Waals surface area contributed by atoms with E-state index in [1.54, 1.807) is 49.4 Å². The maximum Gasteiger partial charge on any atom is 0.264 e. The normalized spacial score (nSPS) is 16.6. The lowest BCUT2D eigenvalue weighted by Crippen LogP contribution is -2.43. The third-order valence-electron chi connectivity index (χ3n) is 4.87. The molecule has 0 spiro atoms. The van der Waals surface area contributed by atoms with E-state index >= 15 is 0 Å². The van der Waals surface area contributed by atoms with Crippen LogP contribution in [0.25, 0.3) is 0 Å². The molecule has 29 heavy (non-hydrogen) atoms. The molecule has 1 aliphatic heterocycles. The maximum absolute atomic E-state index is 13.4. The highest BCUT2D eigenvalue weighted by molar-refractivity contribution is 7.92. The fourth-order valence-electron chi connectivity index (χ4n) is 3.26. The van der Waals surface area contributed by atoms with Crippen molar-refractivity contribution >= 4 is 33.2 Å². The summed E-state index contributed by atoms with van der Waals surface area (Å²) in [7, 11) is -3.94. The van der Waals surface area contributed by atoms with Crippen LogP contribution in [-0.4, -0.2) is 40.1 Å². The molecule has 1 atom stereocenters. The summed E-state index contributed by atoms with van der Waals surface area (Å²) in [6, 6.07) is 11.5. The summed E-state index contributed by atoms with van der Waals surface area (Å²) in [6.45, 7) is 4.39. The number of benzene rings is 2. The van der Waals surface area contributed by atoms with Crippen molar-refractivity contribution in [1.82, 2.24) is 5.32 Å². The molecule has 156 valence electrons. The van der Waals surface area contributed by atoms with Crippen LogP contribution in [0.4, 0.5) is 5.69 Å². The Kier molecular flexibility index (Phi) is 6.82. The van der Waals surface area contributed by atoms with Crippen molar-refractivity contribution in [3.63, 3.8) is 0 Å². The van der Waals surface area contributed by atoms with Crippen molar-refractivity contribution in [3.8, 4) is 0 Å². The summed E-state index contributed by atoms with van der Waals surface area (Å²) < 4.78 is 33.4. The second-order valence-electron chi connectivity index (χ2n) is 7.19. The van der Waals surface area contributed by atoms with Crippen LogP contribution < -0.4 is 9.62 Å². The number of halogens is 1. The summed E-state index contributed by atoms with van der Waals surface area (Å²) in [5.74, 6) is -0.384. The SMILES string of the molecule is Cc1ccc(S(=O)(=O)N(CC(=O)NCC2CCCO2)c2ccc(Cl)cc2C)cc1. The molecule has 0 aromatic heterocycles. The number of amides is 1. The highest BCUT2D eigenvalue weighted by Crippen LogP contribution is 2.29. The van der Waals surface area contributed by atoms with Gasteiger partial charge in [0.15, 0.2) is 0 Å². The first-order chi connectivity index (χ1) is 13.8. The van der Waals surface area contributed by atoms with Crippen molar-refractivity contribution in [2.45, 2.75) is 37.7 Å². The number of rotatable bonds is 7. The molecule has 2 aromatic carbocycles. The molecule has 0 saturated carbocycles. The molecule has 1 amide bonds. The lowest BCUT2D eigenvalue weighted by Gasteiger charge is -2.26. The minimum Gasteiger partial charge on any atom is -0.376 e. The summed E-state index contributed by atoms with van der Waals surface area (Å²) in [5.41, 5.74) is 2.04. The van der Waals surface area contributed by atoms with Gasteiger partial charge in [-0.1, -0.05) is 29.3 Å². The Morgan fingerprint density at radius 2 is 1.93 bits per heavy atom. The first kappa shape index (κ1) is 21.6. The lowest BCUT2D eigenvalue weighted by atomic mass is 10.2. The number of sulfonamides is 1. The van der Waals surface area contributed by atoms with Gasteiger partial charge in [-0.05, 0) is 62.6 Å². The number of nitrogens with zero attached hydrogens (tertiary/aromatic N) is 1. The molecule has 0 radical (unpaired) electrons. The van der Waals surface area contributed by atoms with Crippen molar-refractivity contribution in [3.05, 3.63) is 58.6 Å². The molecule has 0 bridgehead atoms. The highest BCUT2D eigenvalue weighted by Gasteiger charge is 2.28. The summed E-state index contributed by atoms with van der Waals surface area (Å²) in [4.78, 5) is 12.7. The van der Waals surface area contributed by atoms with Crippen LogP contribution >= 0.6 is 11.6 Å². The molecular weight excluding hydrogens is 412 g/mol. The molecule has 1 unspecified atom stereocenters. The average molecular weight is 437 g/mol. The van der Waals surface area contributed by atoms with Gasteiger partial charge in [-0.2, -0.15) is 0 Å². The summed E-state index contributed by atoms with van der Waals surface area (Å²) in [5, 5.41) is 3.29. The summed E-state index contributed by atoms with van der Waals surface area (Å²) in [6.07, 6.45) is 1.85. The third-order valence-corrected chi connectivity index (χ3v) is 6.88. The number of hydrogen-bond acceptors (Lipinski definition) is 4. The van der Waals surface area contributed by atoms with E-state index in [-0.39, 0.29) is 23.5 Å². The van der Waals surface area contributed by atoms with E-state index < -0.39 is 10.0 Å². The van der Waals surface area contributed by atoms with Crippen LogP contribution in [0.1, 0.15) is 24.0 Å². The molecule has 6 nitrogen and oxygen atoms in total. The van der Waals surface area contributed by atoms with Gasteiger partial charge in [-0.3, -0.25) is 9.10 Å². The second-order valence-corrected chi connectivity index (χ2v) is 9.49. The van der Waals surface area contributed by atoms with Gasteiger partial charge in [-0.15, -0.1) is 0 Å². The quantitative estimate of drug-likeness (QED) is 0.721. The van der Waals surface area contributed by atoms with Gasteiger partial charge in [0.2, 0.25) is 5.91 Å². The standard InChI is InChI=1S/C21H25ClN2O4S/c1-15-5-8-19(9-6-15)29(26,27)24(20-10-7-17(22)12-16(20)2)14-21(25)23-13-18-4-3-11-28-18/h5-10,12,18H,3-4,11,13-14H2,1-2H3,(H,23,25). The zero-order chi connectivity index (χ0) is 21.0. The number of aryl methyl sites for hydroxylation is 2. The van der Waals surface area contributed by atoms with Crippen LogP contribution in [-0.2, 0) is 19.6 Å². The first-order valence-corrected chi connectivity index (χ1v) is 11.3. The van der Waals surface area contributed by atoms with E-state index in [0.29, 0.717) is 29.4 Å². The van der Waals surface area contributed by atoms with E-state index in [1.807, 2.05) is 6.92 Å². The largest absolute Gasteiger partial charge is 0.376 e.